The summed E-state index contributed by atoms with van der Waals surface area (Å²) >= 11 is 0. The Bertz CT molecular complexity index is 505. The maximum Gasteiger partial charge on any atom is 0.401 e. The molecule has 0 aliphatic carbocycles. The van der Waals surface area contributed by atoms with E-state index in [1.807, 2.05) is 4.90 Å². The zero-order valence-electron chi connectivity index (χ0n) is 13.9. The maximum absolute atomic E-state index is 12.9. The van der Waals surface area contributed by atoms with Crippen LogP contribution >= 0.6 is 24.0 Å². The number of aliphatic imine (C=N–C) groups is 1. The van der Waals surface area contributed by atoms with Gasteiger partial charge in [0.2, 0.25) is 0 Å². The molecule has 0 fully saturated rings. The summed E-state index contributed by atoms with van der Waals surface area (Å²) in [4.78, 5) is 7.10. The molecule has 24 heavy (non-hydrogen) atoms. The molecule has 0 spiro atoms. The summed E-state index contributed by atoms with van der Waals surface area (Å²) in [5, 5.41) is 3.01. The molecule has 9 heteroatoms. The molecule has 1 aromatic rings. The van der Waals surface area contributed by atoms with Crippen LogP contribution in [0.25, 0.3) is 0 Å². The second-order valence-electron chi connectivity index (χ2n) is 5.31. The Balaban J connectivity index is 0.00000529. The summed E-state index contributed by atoms with van der Waals surface area (Å²) in [5.74, 6) is 0.265. The van der Waals surface area contributed by atoms with Gasteiger partial charge in [0.15, 0.2) is 5.96 Å². The van der Waals surface area contributed by atoms with Crippen molar-refractivity contribution in [3.05, 3.63) is 35.6 Å². The van der Waals surface area contributed by atoms with Crippen molar-refractivity contribution in [2.75, 3.05) is 40.8 Å². The van der Waals surface area contributed by atoms with E-state index in [0.29, 0.717) is 19.0 Å². The molecule has 0 bridgehead atoms. The molecule has 0 heterocycles. The third-order valence-electron chi connectivity index (χ3n) is 3.13. The number of halogens is 5. The first kappa shape index (κ1) is 22.9. The van der Waals surface area contributed by atoms with Crippen molar-refractivity contribution in [1.29, 1.82) is 0 Å². The summed E-state index contributed by atoms with van der Waals surface area (Å²) in [7, 11) is 4.82. The van der Waals surface area contributed by atoms with E-state index < -0.39 is 12.7 Å². The molecule has 1 rings (SSSR count). The van der Waals surface area contributed by atoms with Crippen molar-refractivity contribution in [2.24, 2.45) is 4.99 Å². The van der Waals surface area contributed by atoms with Crippen LogP contribution in [-0.4, -0.2) is 62.7 Å². The number of rotatable bonds is 6. The van der Waals surface area contributed by atoms with E-state index in [9.17, 15) is 17.6 Å². The molecule has 1 aromatic carbocycles. The minimum Gasteiger partial charge on any atom is -0.355 e. The second-order valence-corrected chi connectivity index (χ2v) is 5.31. The van der Waals surface area contributed by atoms with E-state index in [4.69, 9.17) is 0 Å². The minimum atomic E-state index is -4.20. The Hall–Kier alpha value is -1.10. The van der Waals surface area contributed by atoms with Crippen LogP contribution in [0.2, 0.25) is 0 Å². The van der Waals surface area contributed by atoms with Crippen molar-refractivity contribution in [3.63, 3.8) is 0 Å². The van der Waals surface area contributed by atoms with E-state index in [1.165, 1.54) is 24.1 Å². The molecule has 138 valence electrons. The van der Waals surface area contributed by atoms with Gasteiger partial charge in [0.05, 0.1) is 6.54 Å². The number of hydrogen-bond donors (Lipinski definition) is 1. The number of hydrogen-bond acceptors (Lipinski definition) is 2. The molecule has 0 aromatic heterocycles. The molecule has 1 N–H and O–H groups in total. The molecule has 0 aliphatic heterocycles. The number of benzene rings is 1. The van der Waals surface area contributed by atoms with Crippen LogP contribution in [0, 0.1) is 5.82 Å². The van der Waals surface area contributed by atoms with E-state index >= 15 is 0 Å². The first-order valence-corrected chi connectivity index (χ1v) is 7.13. The van der Waals surface area contributed by atoms with Gasteiger partial charge < -0.3 is 10.2 Å². The predicted molar refractivity (Wildman–Crippen MR) is 98.2 cm³/mol. The molecular formula is C15H23F4IN4. The van der Waals surface area contributed by atoms with Gasteiger partial charge in [-0.2, -0.15) is 13.2 Å². The first-order valence-electron chi connectivity index (χ1n) is 7.13. The van der Waals surface area contributed by atoms with E-state index in [-0.39, 0.29) is 36.3 Å². The second kappa shape index (κ2) is 10.7. The zero-order valence-corrected chi connectivity index (χ0v) is 16.2. The highest BCUT2D eigenvalue weighted by Gasteiger charge is 2.28. The number of nitrogens with zero attached hydrogens (tertiary/aromatic N) is 3. The predicted octanol–water partition coefficient (Wildman–Crippen LogP) is 2.95. The van der Waals surface area contributed by atoms with Crippen LogP contribution in [0.4, 0.5) is 17.6 Å². The van der Waals surface area contributed by atoms with Gasteiger partial charge in [0.1, 0.15) is 5.82 Å². The van der Waals surface area contributed by atoms with Crippen LogP contribution in [0.1, 0.15) is 5.56 Å². The van der Waals surface area contributed by atoms with Crippen LogP contribution in [0.5, 0.6) is 0 Å². The monoisotopic (exact) mass is 462 g/mol. The van der Waals surface area contributed by atoms with Gasteiger partial charge in [-0.3, -0.25) is 9.89 Å². The third kappa shape index (κ3) is 9.26. The molecule has 0 saturated heterocycles. The van der Waals surface area contributed by atoms with Gasteiger partial charge in [-0.05, 0) is 24.7 Å². The lowest BCUT2D eigenvalue weighted by molar-refractivity contribution is -0.142. The summed E-state index contributed by atoms with van der Waals surface area (Å²) in [6.07, 6.45) is -4.20. The molecule has 0 atom stereocenters. The zero-order chi connectivity index (χ0) is 17.5. The molecule has 0 radical (unpaired) electrons. The molecular weight excluding hydrogens is 439 g/mol. The summed E-state index contributed by atoms with van der Waals surface area (Å²) in [5.41, 5.74) is 0.908. The minimum absolute atomic E-state index is 0. The average Bonchev–Trinajstić information content (AvgIpc) is 2.44. The Morgan fingerprint density at radius 2 is 1.75 bits per heavy atom. The Morgan fingerprint density at radius 3 is 2.25 bits per heavy atom. The Kier molecular flexibility index (Phi) is 10.2. The topological polar surface area (TPSA) is 30.9 Å². The van der Waals surface area contributed by atoms with Crippen molar-refractivity contribution in [3.8, 4) is 0 Å². The summed E-state index contributed by atoms with van der Waals surface area (Å²) in [6.45, 7) is 0.146. The average molecular weight is 462 g/mol. The number of likely N-dealkylation sites (N-methyl/N-ethyl adjacent to an activating group) is 1. The lowest BCUT2D eigenvalue weighted by Gasteiger charge is -2.24. The van der Waals surface area contributed by atoms with E-state index in [1.54, 1.807) is 26.2 Å². The van der Waals surface area contributed by atoms with Gasteiger partial charge in [0.25, 0.3) is 0 Å². The Labute approximate surface area is 156 Å². The van der Waals surface area contributed by atoms with Crippen LogP contribution in [0.3, 0.4) is 0 Å². The molecule has 0 saturated carbocycles. The molecule has 0 aliphatic rings. The summed E-state index contributed by atoms with van der Waals surface area (Å²) in [6, 6.07) is 6.11. The fourth-order valence-electron chi connectivity index (χ4n) is 2.07. The first-order chi connectivity index (χ1) is 10.7. The summed E-state index contributed by atoms with van der Waals surface area (Å²) < 4.78 is 49.6. The van der Waals surface area contributed by atoms with E-state index in [2.05, 4.69) is 10.3 Å². The number of nitrogens with one attached hydrogen (secondary N) is 1. The normalized spacial score (nSPS) is 12.1. The highest BCUT2D eigenvalue weighted by atomic mass is 127. The van der Waals surface area contributed by atoms with Gasteiger partial charge in [-0.25, -0.2) is 4.39 Å². The van der Waals surface area contributed by atoms with Crippen LogP contribution in [0.15, 0.2) is 29.3 Å². The van der Waals surface area contributed by atoms with Crippen molar-refractivity contribution >= 4 is 29.9 Å². The van der Waals surface area contributed by atoms with E-state index in [0.717, 1.165) is 5.56 Å². The number of alkyl halides is 3. The quantitative estimate of drug-likeness (QED) is 0.306. The SMILES string of the molecule is CN=C(NCCN(C)CC(F)(F)F)N(C)Cc1ccc(F)cc1.I. The van der Waals surface area contributed by atoms with Crippen molar-refractivity contribution in [2.45, 2.75) is 12.7 Å². The lowest BCUT2D eigenvalue weighted by atomic mass is 10.2. The highest BCUT2D eigenvalue weighted by Crippen LogP contribution is 2.15. The smallest absolute Gasteiger partial charge is 0.355 e. The molecule has 0 unspecified atom stereocenters. The van der Waals surface area contributed by atoms with Crippen molar-refractivity contribution < 1.29 is 17.6 Å². The molecule has 4 nitrogen and oxygen atoms in total. The van der Waals surface area contributed by atoms with Crippen molar-refractivity contribution in [1.82, 2.24) is 15.1 Å². The van der Waals surface area contributed by atoms with Gasteiger partial charge >= 0.3 is 6.18 Å². The largest absolute Gasteiger partial charge is 0.401 e. The fraction of sp³-hybridized carbons (Fsp3) is 0.533. The van der Waals surface area contributed by atoms with Gasteiger partial charge in [-0.15, -0.1) is 24.0 Å². The van der Waals surface area contributed by atoms with Crippen LogP contribution in [-0.2, 0) is 6.54 Å². The maximum atomic E-state index is 12.9. The van der Waals surface area contributed by atoms with Gasteiger partial charge in [-0.1, -0.05) is 12.1 Å². The van der Waals surface area contributed by atoms with Gasteiger partial charge in [0, 0.05) is 33.7 Å². The lowest BCUT2D eigenvalue weighted by Crippen LogP contribution is -2.43. The number of guanidine groups is 1. The molecule has 0 amide bonds. The fourth-order valence-corrected chi connectivity index (χ4v) is 2.07. The Morgan fingerprint density at radius 1 is 1.17 bits per heavy atom. The van der Waals surface area contributed by atoms with Crippen LogP contribution < -0.4 is 5.32 Å². The third-order valence-corrected chi connectivity index (χ3v) is 3.13. The standard InChI is InChI=1S/C15H22F4N4.HI/c1-20-14(21-8-9-22(2)11-15(17,18)19)23(3)10-12-4-6-13(16)7-5-12;/h4-7H,8-11H2,1-3H3,(H,20,21);1H. The highest BCUT2D eigenvalue weighted by molar-refractivity contribution is 14.0.